The van der Waals surface area contributed by atoms with Gasteiger partial charge in [0.25, 0.3) is 0 Å². The quantitative estimate of drug-likeness (QED) is 0.346. The number of nitrogens with zero attached hydrogens (tertiary/aromatic N) is 5. The van der Waals surface area contributed by atoms with Crippen molar-refractivity contribution in [2.75, 3.05) is 16.0 Å². The fourth-order valence-electron chi connectivity index (χ4n) is 4.73. The molecule has 1 aliphatic carbocycles. The number of amides is 1. The molecule has 39 heavy (non-hydrogen) atoms. The number of thiophene rings is 1. The van der Waals surface area contributed by atoms with E-state index in [0.29, 0.717) is 44.3 Å². The minimum Gasteiger partial charge on any atom is -0.384 e. The highest BCUT2D eigenvalue weighted by Crippen LogP contribution is 2.51. The van der Waals surface area contributed by atoms with Crippen LogP contribution in [0, 0.1) is 23.7 Å². The van der Waals surface area contributed by atoms with Crippen LogP contribution >= 0.6 is 46.0 Å². The van der Waals surface area contributed by atoms with Crippen molar-refractivity contribution in [2.24, 2.45) is 11.1 Å². The summed E-state index contributed by atoms with van der Waals surface area (Å²) in [5.41, 5.74) is 8.05. The van der Waals surface area contributed by atoms with Gasteiger partial charge < -0.3 is 11.1 Å². The molecule has 0 saturated heterocycles. The van der Waals surface area contributed by atoms with Gasteiger partial charge in [0.15, 0.2) is 10.1 Å². The predicted octanol–water partition coefficient (Wildman–Crippen LogP) is 5.63. The normalized spacial score (nSPS) is 18.7. The largest absolute Gasteiger partial charge is 0.384 e. The van der Waals surface area contributed by atoms with Gasteiger partial charge in [-0.05, 0) is 43.0 Å². The van der Waals surface area contributed by atoms with Gasteiger partial charge in [0.05, 0.1) is 28.3 Å². The van der Waals surface area contributed by atoms with E-state index in [1.54, 1.807) is 28.4 Å². The number of Topliss-reactive ketones (excluding diaryl/α,β-unsaturated/α-hetero) is 1. The summed E-state index contributed by atoms with van der Waals surface area (Å²) in [7, 11) is 0. The number of anilines is 2. The fraction of sp³-hybridized carbons (Fsp3) is 0.308. The molecule has 200 valence electrons. The first-order valence-corrected chi connectivity index (χ1v) is 15.0. The average molecular weight is 598 g/mol. The maximum Gasteiger partial charge on any atom is 0.235 e. The van der Waals surface area contributed by atoms with Crippen LogP contribution in [0.2, 0.25) is 5.02 Å². The lowest BCUT2D eigenvalue weighted by Gasteiger charge is -2.42. The molecule has 0 aromatic carbocycles. The van der Waals surface area contributed by atoms with E-state index in [2.05, 4.69) is 26.6 Å². The monoisotopic (exact) mass is 597 g/mol. The highest BCUT2D eigenvalue weighted by atomic mass is 35.5. The zero-order valence-electron chi connectivity index (χ0n) is 21.3. The standard InChI is InChI=1S/C26H24ClN7O2S3/c1-13-4-6-18(38-13)21-15(10-28)23(29)34(16-8-26(2,3)9-17(35)22(16)21)24-32-33-25(39-24)37-12-20(36)31-19-7-5-14(27)11-30-19/h4-7,11,21H,8-9,12,29H2,1-3H3,(H,30,31,36). The first kappa shape index (κ1) is 27.3. The summed E-state index contributed by atoms with van der Waals surface area (Å²) < 4.78 is 0.551. The van der Waals surface area contributed by atoms with Crippen LogP contribution in [0.25, 0.3) is 0 Å². The molecule has 1 unspecified atom stereocenters. The van der Waals surface area contributed by atoms with Gasteiger partial charge in [-0.3, -0.25) is 14.5 Å². The first-order valence-electron chi connectivity index (χ1n) is 12.0. The maximum absolute atomic E-state index is 13.6. The number of aryl methyl sites for hydroxylation is 1. The molecule has 0 spiro atoms. The van der Waals surface area contributed by atoms with Crippen LogP contribution in [-0.4, -0.2) is 32.6 Å². The van der Waals surface area contributed by atoms with Crippen LogP contribution < -0.4 is 16.0 Å². The number of nitrogens with one attached hydrogen (secondary N) is 1. The number of hydrogen-bond donors (Lipinski definition) is 2. The average Bonchev–Trinajstić information content (AvgIpc) is 3.51. The second-order valence-corrected chi connectivity index (χ2v) is 13.9. The number of nitrogens with two attached hydrogens (primary N) is 1. The number of halogens is 1. The smallest absolute Gasteiger partial charge is 0.235 e. The van der Waals surface area contributed by atoms with Crippen LogP contribution in [0.15, 0.2) is 57.5 Å². The van der Waals surface area contributed by atoms with Gasteiger partial charge >= 0.3 is 0 Å². The van der Waals surface area contributed by atoms with Crippen LogP contribution in [-0.2, 0) is 9.59 Å². The third-order valence-electron chi connectivity index (χ3n) is 6.34. The second-order valence-electron chi connectivity index (χ2n) is 9.98. The van der Waals surface area contributed by atoms with Crippen LogP contribution in [0.4, 0.5) is 10.9 Å². The Morgan fingerprint density at radius 1 is 1.28 bits per heavy atom. The van der Waals surface area contributed by atoms with Crippen molar-refractivity contribution >= 4 is 68.7 Å². The van der Waals surface area contributed by atoms with E-state index in [9.17, 15) is 14.9 Å². The Labute approximate surface area is 242 Å². The number of allylic oxidation sites excluding steroid dienone is 3. The van der Waals surface area contributed by atoms with Crippen LogP contribution in [0.3, 0.4) is 0 Å². The van der Waals surface area contributed by atoms with E-state index in [4.69, 9.17) is 17.3 Å². The lowest BCUT2D eigenvalue weighted by Crippen LogP contribution is -2.42. The van der Waals surface area contributed by atoms with Crippen molar-refractivity contribution in [3.05, 3.63) is 67.9 Å². The molecule has 3 N–H and O–H groups in total. The van der Waals surface area contributed by atoms with Crippen molar-refractivity contribution in [2.45, 2.75) is 43.9 Å². The molecule has 0 bridgehead atoms. The van der Waals surface area contributed by atoms with Crippen molar-refractivity contribution in [3.63, 3.8) is 0 Å². The summed E-state index contributed by atoms with van der Waals surface area (Å²) in [6, 6.07) is 9.49. The van der Waals surface area contributed by atoms with Gasteiger partial charge in [0, 0.05) is 33.6 Å². The van der Waals surface area contributed by atoms with E-state index < -0.39 is 5.92 Å². The molecule has 1 atom stereocenters. The van der Waals surface area contributed by atoms with Crippen molar-refractivity contribution in [1.29, 1.82) is 5.26 Å². The van der Waals surface area contributed by atoms with Crippen molar-refractivity contribution in [3.8, 4) is 6.07 Å². The topological polar surface area (TPSA) is 138 Å². The second kappa shape index (κ2) is 10.7. The van der Waals surface area contributed by atoms with Gasteiger partial charge in [0.2, 0.25) is 11.0 Å². The number of aromatic nitrogens is 3. The van der Waals surface area contributed by atoms with Gasteiger partial charge in [-0.2, -0.15) is 5.26 Å². The van der Waals surface area contributed by atoms with Crippen molar-refractivity contribution in [1.82, 2.24) is 15.2 Å². The molecular formula is C26H24ClN7O2S3. The third-order valence-corrected chi connectivity index (χ3v) is 9.67. The van der Waals surface area contributed by atoms with E-state index in [0.717, 1.165) is 15.5 Å². The number of carbonyl (C=O) groups is 2. The van der Waals surface area contributed by atoms with E-state index in [1.165, 1.54) is 29.3 Å². The lowest BCUT2D eigenvalue weighted by molar-refractivity contribution is -0.118. The molecule has 3 aromatic rings. The molecule has 3 aromatic heterocycles. The molecule has 2 aliphatic rings. The van der Waals surface area contributed by atoms with Crippen LogP contribution in [0.5, 0.6) is 0 Å². The minimum absolute atomic E-state index is 0.00847. The molecule has 13 heteroatoms. The van der Waals surface area contributed by atoms with Gasteiger partial charge in [-0.25, -0.2) is 4.98 Å². The van der Waals surface area contributed by atoms with E-state index in [1.807, 2.05) is 32.9 Å². The summed E-state index contributed by atoms with van der Waals surface area (Å²) >= 11 is 9.88. The zero-order chi connectivity index (χ0) is 27.9. The van der Waals surface area contributed by atoms with E-state index in [-0.39, 0.29) is 28.7 Å². The summed E-state index contributed by atoms with van der Waals surface area (Å²) in [6.45, 7) is 6.09. The maximum atomic E-state index is 13.6. The molecule has 0 saturated carbocycles. The Morgan fingerprint density at radius 3 is 2.74 bits per heavy atom. The number of ketones is 1. The number of rotatable bonds is 6. The first-order chi connectivity index (χ1) is 18.6. The Balaban J connectivity index is 1.45. The number of hydrogen-bond acceptors (Lipinski definition) is 11. The molecule has 9 nitrogen and oxygen atoms in total. The van der Waals surface area contributed by atoms with Gasteiger partial charge in [0.1, 0.15) is 11.6 Å². The molecule has 1 amide bonds. The molecule has 0 radical (unpaired) electrons. The van der Waals surface area contributed by atoms with E-state index >= 15 is 0 Å². The minimum atomic E-state index is -0.504. The lowest BCUT2D eigenvalue weighted by atomic mass is 9.70. The molecule has 5 rings (SSSR count). The van der Waals surface area contributed by atoms with Crippen LogP contribution in [0.1, 0.15) is 42.4 Å². The third kappa shape index (κ3) is 5.58. The summed E-state index contributed by atoms with van der Waals surface area (Å²) in [6.07, 6.45) is 2.43. The summed E-state index contributed by atoms with van der Waals surface area (Å²) in [5.74, 6) is -0.0126. The SMILES string of the molecule is Cc1ccc(C2C(C#N)=C(N)N(c3nnc(SCC(=O)Nc4ccc(Cl)cn4)s3)C3=C2C(=O)CC(C)(C)C3)s1. The number of nitriles is 1. The Morgan fingerprint density at radius 2 is 2.08 bits per heavy atom. The van der Waals surface area contributed by atoms with Gasteiger partial charge in [-0.1, -0.05) is 48.5 Å². The van der Waals surface area contributed by atoms with Crippen molar-refractivity contribution < 1.29 is 9.59 Å². The molecular weight excluding hydrogens is 574 g/mol. The molecule has 4 heterocycles. The predicted molar refractivity (Wildman–Crippen MR) is 155 cm³/mol. The summed E-state index contributed by atoms with van der Waals surface area (Å²) in [5, 5.41) is 22.4. The fourth-order valence-corrected chi connectivity index (χ4v) is 7.52. The number of thioether (sulfide) groups is 1. The molecule has 0 fully saturated rings. The highest BCUT2D eigenvalue weighted by molar-refractivity contribution is 8.01. The zero-order valence-corrected chi connectivity index (χ0v) is 24.5. The Hall–Kier alpha value is -3.24. The number of pyridine rings is 1. The number of carbonyl (C=O) groups excluding carboxylic acids is 2. The highest BCUT2D eigenvalue weighted by Gasteiger charge is 2.45. The Kier molecular flexibility index (Phi) is 7.52. The van der Waals surface area contributed by atoms with Gasteiger partial charge in [-0.15, -0.1) is 21.5 Å². The molecule has 1 aliphatic heterocycles. The Bertz CT molecular complexity index is 1570. The summed E-state index contributed by atoms with van der Waals surface area (Å²) in [4.78, 5) is 33.8.